The summed E-state index contributed by atoms with van der Waals surface area (Å²) in [6, 6.07) is 7.25. The lowest BCUT2D eigenvalue weighted by molar-refractivity contribution is 1.50. The van der Waals surface area contributed by atoms with Crippen molar-refractivity contribution >= 4 is 5.69 Å². The zero-order chi connectivity index (χ0) is 8.69. The van der Waals surface area contributed by atoms with Crippen LogP contribution in [0, 0.1) is 12.3 Å². The average Bonchev–Trinajstić information content (AvgIpc) is 2.08. The Morgan fingerprint density at radius 3 is 2.36 bits per heavy atom. The molecule has 0 spiro atoms. The fourth-order valence-electron chi connectivity index (χ4n) is 0.628. The molecule has 0 aromatic heterocycles. The number of benzene rings is 1. The van der Waals surface area contributed by atoms with Gasteiger partial charge in [-0.1, -0.05) is 25.8 Å². The molecule has 1 nitrogen and oxygen atoms in total. The van der Waals surface area contributed by atoms with E-state index in [1.54, 1.807) is 12.1 Å². The van der Waals surface area contributed by atoms with Crippen molar-refractivity contribution < 1.29 is 0 Å². The summed E-state index contributed by atoms with van der Waals surface area (Å²) in [5.74, 6) is 2.49. The third kappa shape index (κ3) is 3.32. The number of nitrogen functional groups attached to an aromatic ring is 1. The van der Waals surface area contributed by atoms with E-state index in [-0.39, 0.29) is 0 Å². The highest BCUT2D eigenvalue weighted by Crippen LogP contribution is 2.03. The number of hydrogen-bond donors (Lipinski definition) is 1. The molecule has 58 valence electrons. The largest absolute Gasteiger partial charge is 0.399 e. The molecule has 0 saturated carbocycles. The van der Waals surface area contributed by atoms with Crippen molar-refractivity contribution in [1.82, 2.24) is 0 Å². The minimum atomic E-state index is 0.713. The molecule has 0 bridgehead atoms. The molecule has 0 fully saturated rings. The Morgan fingerprint density at radius 1 is 1.36 bits per heavy atom. The van der Waals surface area contributed by atoms with Crippen molar-refractivity contribution in [3.05, 3.63) is 29.8 Å². The van der Waals surface area contributed by atoms with Crippen LogP contribution in [0.2, 0.25) is 0 Å². The first kappa shape index (κ1) is 9.58. The van der Waals surface area contributed by atoms with Gasteiger partial charge in [-0.3, -0.25) is 0 Å². The van der Waals surface area contributed by atoms with Crippen LogP contribution in [-0.4, -0.2) is 0 Å². The maximum Gasteiger partial charge on any atom is 0.0326 e. The van der Waals surface area contributed by atoms with Crippen LogP contribution in [0.15, 0.2) is 24.3 Å². The van der Waals surface area contributed by atoms with E-state index in [4.69, 9.17) is 12.2 Å². The zero-order valence-corrected chi connectivity index (χ0v) is 6.96. The van der Waals surface area contributed by atoms with Crippen LogP contribution in [0.25, 0.3) is 0 Å². The Bertz CT molecular complexity index is 245. The van der Waals surface area contributed by atoms with Crippen molar-refractivity contribution in [3.8, 4) is 12.3 Å². The second-order valence-electron chi connectivity index (χ2n) is 1.77. The van der Waals surface area contributed by atoms with E-state index in [1.165, 1.54) is 0 Å². The molecule has 0 aliphatic heterocycles. The first-order valence-electron chi connectivity index (χ1n) is 3.65. The number of nitrogens with two attached hydrogens (primary N) is 1. The molecule has 0 amide bonds. The zero-order valence-electron chi connectivity index (χ0n) is 6.96. The fraction of sp³-hybridized carbons (Fsp3) is 0.200. The van der Waals surface area contributed by atoms with Gasteiger partial charge in [0.15, 0.2) is 0 Å². The molecule has 0 radical (unpaired) electrons. The molecule has 1 rings (SSSR count). The van der Waals surface area contributed by atoms with Gasteiger partial charge >= 0.3 is 0 Å². The van der Waals surface area contributed by atoms with E-state index in [0.717, 1.165) is 5.56 Å². The average molecular weight is 147 g/mol. The number of anilines is 1. The highest BCUT2D eigenvalue weighted by atomic mass is 14.5. The summed E-state index contributed by atoms with van der Waals surface area (Å²) >= 11 is 0. The molecule has 0 aliphatic rings. The van der Waals surface area contributed by atoms with Gasteiger partial charge in [0.05, 0.1) is 0 Å². The lowest BCUT2D eigenvalue weighted by Gasteiger charge is -1.90. The maximum absolute atomic E-state index is 5.44. The van der Waals surface area contributed by atoms with E-state index in [2.05, 4.69) is 5.92 Å². The van der Waals surface area contributed by atoms with Gasteiger partial charge in [-0.05, 0) is 18.2 Å². The van der Waals surface area contributed by atoms with E-state index in [1.807, 2.05) is 26.0 Å². The summed E-state index contributed by atoms with van der Waals surface area (Å²) in [7, 11) is 0. The minimum Gasteiger partial charge on any atom is -0.399 e. The van der Waals surface area contributed by atoms with Gasteiger partial charge in [0.2, 0.25) is 0 Å². The smallest absolute Gasteiger partial charge is 0.0326 e. The molecular weight excluding hydrogens is 134 g/mol. The Labute approximate surface area is 68.2 Å². The van der Waals surface area contributed by atoms with Gasteiger partial charge < -0.3 is 5.73 Å². The summed E-state index contributed by atoms with van der Waals surface area (Å²) in [5, 5.41) is 0. The molecule has 0 aliphatic carbocycles. The van der Waals surface area contributed by atoms with Crippen LogP contribution in [0.1, 0.15) is 19.4 Å². The Hall–Kier alpha value is -1.42. The molecule has 0 saturated heterocycles. The summed E-state index contributed by atoms with van der Waals surface area (Å²) in [6.45, 7) is 4.00. The second kappa shape index (κ2) is 5.37. The van der Waals surface area contributed by atoms with Crippen molar-refractivity contribution in [2.24, 2.45) is 0 Å². The third-order valence-electron chi connectivity index (χ3n) is 1.05. The summed E-state index contributed by atoms with van der Waals surface area (Å²) in [6.07, 6.45) is 5.11. The normalized spacial score (nSPS) is 7.36. The highest BCUT2D eigenvalue weighted by molar-refractivity contribution is 5.46. The minimum absolute atomic E-state index is 0.713. The van der Waals surface area contributed by atoms with Crippen LogP contribution >= 0.6 is 0 Å². The number of rotatable bonds is 0. The maximum atomic E-state index is 5.44. The van der Waals surface area contributed by atoms with Crippen molar-refractivity contribution in [1.29, 1.82) is 0 Å². The Morgan fingerprint density at radius 2 is 2.00 bits per heavy atom. The molecule has 1 aromatic rings. The van der Waals surface area contributed by atoms with E-state index < -0.39 is 0 Å². The van der Waals surface area contributed by atoms with Gasteiger partial charge in [0, 0.05) is 11.3 Å². The van der Waals surface area contributed by atoms with Crippen LogP contribution in [0.3, 0.4) is 0 Å². The molecule has 0 atom stereocenters. The highest BCUT2D eigenvalue weighted by Gasteiger charge is 1.84. The summed E-state index contributed by atoms with van der Waals surface area (Å²) in [5.41, 5.74) is 6.98. The molecule has 0 heterocycles. The predicted octanol–water partition coefficient (Wildman–Crippen LogP) is 2.28. The SMILES string of the molecule is C#Cc1cccc(N)c1.CC. The molecule has 11 heavy (non-hydrogen) atoms. The van der Waals surface area contributed by atoms with E-state index >= 15 is 0 Å². The molecule has 1 aromatic carbocycles. The van der Waals surface area contributed by atoms with E-state index in [0.29, 0.717) is 5.69 Å². The summed E-state index contributed by atoms with van der Waals surface area (Å²) < 4.78 is 0. The molecule has 2 N–H and O–H groups in total. The fourth-order valence-corrected chi connectivity index (χ4v) is 0.628. The van der Waals surface area contributed by atoms with Crippen LogP contribution in [-0.2, 0) is 0 Å². The lowest BCUT2D eigenvalue weighted by atomic mass is 10.2. The van der Waals surface area contributed by atoms with Crippen molar-refractivity contribution in [2.75, 3.05) is 5.73 Å². The van der Waals surface area contributed by atoms with Gasteiger partial charge in [-0.2, -0.15) is 0 Å². The predicted molar refractivity (Wildman–Crippen MR) is 50.1 cm³/mol. The van der Waals surface area contributed by atoms with Crippen LogP contribution < -0.4 is 5.73 Å². The molecule has 0 unspecified atom stereocenters. The van der Waals surface area contributed by atoms with Gasteiger partial charge in [0.1, 0.15) is 0 Å². The van der Waals surface area contributed by atoms with Crippen molar-refractivity contribution in [2.45, 2.75) is 13.8 Å². The Balaban J connectivity index is 0.000000461. The van der Waals surface area contributed by atoms with Crippen molar-refractivity contribution in [3.63, 3.8) is 0 Å². The molecular formula is C10H13N. The quantitative estimate of drug-likeness (QED) is 0.442. The van der Waals surface area contributed by atoms with Crippen LogP contribution in [0.4, 0.5) is 5.69 Å². The number of terminal acetylenes is 1. The lowest BCUT2D eigenvalue weighted by Crippen LogP contribution is -1.83. The topological polar surface area (TPSA) is 26.0 Å². The molecule has 1 heteroatoms. The monoisotopic (exact) mass is 147 g/mol. The first-order chi connectivity index (χ1) is 5.33. The van der Waals surface area contributed by atoms with Crippen LogP contribution in [0.5, 0.6) is 0 Å². The van der Waals surface area contributed by atoms with Gasteiger partial charge in [-0.25, -0.2) is 0 Å². The first-order valence-corrected chi connectivity index (χ1v) is 3.65. The Kier molecular flexibility index (Phi) is 4.68. The van der Waals surface area contributed by atoms with Gasteiger partial charge in [-0.15, -0.1) is 6.42 Å². The summed E-state index contributed by atoms with van der Waals surface area (Å²) in [4.78, 5) is 0. The number of hydrogen-bond acceptors (Lipinski definition) is 1. The van der Waals surface area contributed by atoms with E-state index in [9.17, 15) is 0 Å². The second-order valence-corrected chi connectivity index (χ2v) is 1.77. The third-order valence-corrected chi connectivity index (χ3v) is 1.05. The standard InChI is InChI=1S/C8H7N.C2H6/c1-2-7-4-3-5-8(9)6-7;1-2/h1,3-6H,9H2;1-2H3. The van der Waals surface area contributed by atoms with Gasteiger partial charge in [0.25, 0.3) is 0 Å².